The van der Waals surface area contributed by atoms with Gasteiger partial charge in [-0.05, 0) is 56.2 Å². The van der Waals surface area contributed by atoms with E-state index in [2.05, 4.69) is 57.0 Å². The number of pyridine rings is 1. The monoisotopic (exact) mass is 500 g/mol. The van der Waals surface area contributed by atoms with Crippen LogP contribution in [0.4, 0.5) is 4.39 Å². The molecule has 1 fully saturated rings. The zero-order valence-electron chi connectivity index (χ0n) is 20.6. The lowest BCUT2D eigenvalue weighted by Crippen LogP contribution is -2.54. The second-order valence-electron chi connectivity index (χ2n) is 9.14. The molecule has 1 N–H and O–H groups in total. The van der Waals surface area contributed by atoms with Crippen LogP contribution in [-0.2, 0) is 13.1 Å². The van der Waals surface area contributed by atoms with Crippen LogP contribution in [0.5, 0.6) is 5.75 Å². The second-order valence-corrected chi connectivity index (χ2v) is 9.58. The van der Waals surface area contributed by atoms with E-state index in [1.807, 2.05) is 36.0 Å². The summed E-state index contributed by atoms with van der Waals surface area (Å²) in [4.78, 5) is 11.3. The highest BCUT2D eigenvalue weighted by molar-refractivity contribution is 6.30. The van der Waals surface area contributed by atoms with E-state index in [-0.39, 0.29) is 6.61 Å². The summed E-state index contributed by atoms with van der Waals surface area (Å²) in [6, 6.07) is 10.6. The summed E-state index contributed by atoms with van der Waals surface area (Å²) in [5.74, 6) is 1.53. The van der Waals surface area contributed by atoms with Gasteiger partial charge in [-0.25, -0.2) is 9.19 Å². The van der Waals surface area contributed by atoms with Crippen molar-refractivity contribution < 1.29 is 9.13 Å². The standard InChI is InChI=1S/C26H34ClFN6O/c1-19(4-5-22-6-7-24(27)14-23(22)17-34-30-21(3)31-34)33-12-11-32(16-20(33)2)18-25-8-9-26(15-29-25)35-13-10-28/h4-9,14-15,19-20H,10-13,16-18H2,1-3H3,(H,30,31)/b5-4+/t19?,20-/m1/s1. The Kier molecular flexibility index (Phi) is 8.59. The summed E-state index contributed by atoms with van der Waals surface area (Å²) >= 11 is 6.26. The zero-order chi connectivity index (χ0) is 24.8. The van der Waals surface area contributed by atoms with E-state index in [4.69, 9.17) is 16.3 Å². The first-order valence-electron chi connectivity index (χ1n) is 12.1. The van der Waals surface area contributed by atoms with Crippen LogP contribution in [0.1, 0.15) is 36.5 Å². The topological polar surface area (TPSA) is 62.2 Å². The molecule has 0 aliphatic carbocycles. The molecule has 1 unspecified atom stereocenters. The van der Waals surface area contributed by atoms with Crippen molar-refractivity contribution in [3.8, 4) is 5.75 Å². The number of ether oxygens (including phenoxy) is 1. The molecule has 1 saturated heterocycles. The van der Waals surface area contributed by atoms with E-state index < -0.39 is 6.67 Å². The molecule has 1 aliphatic rings. The van der Waals surface area contributed by atoms with Crippen molar-refractivity contribution in [1.29, 1.82) is 0 Å². The minimum atomic E-state index is -0.497. The maximum atomic E-state index is 12.3. The minimum absolute atomic E-state index is 0.0658. The molecular weight excluding hydrogens is 467 g/mol. The van der Waals surface area contributed by atoms with Crippen molar-refractivity contribution in [2.75, 3.05) is 32.9 Å². The van der Waals surface area contributed by atoms with Crippen LogP contribution in [0.15, 0.2) is 42.6 Å². The normalized spacial score (nSPS) is 18.4. The van der Waals surface area contributed by atoms with Gasteiger partial charge in [0.2, 0.25) is 0 Å². The molecule has 4 rings (SSSR count). The van der Waals surface area contributed by atoms with Gasteiger partial charge in [0.15, 0.2) is 0 Å². The Morgan fingerprint density at radius 2 is 2.09 bits per heavy atom. The summed E-state index contributed by atoms with van der Waals surface area (Å²) in [7, 11) is 0. The number of hydrogen-bond acceptors (Lipinski definition) is 5. The lowest BCUT2D eigenvalue weighted by molar-refractivity contribution is 0.0638. The van der Waals surface area contributed by atoms with Crippen LogP contribution in [0.3, 0.4) is 0 Å². The third kappa shape index (κ3) is 6.93. The molecular formula is C26H34ClFN6O. The van der Waals surface area contributed by atoms with Gasteiger partial charge in [0.05, 0.1) is 18.4 Å². The molecule has 2 atom stereocenters. The fourth-order valence-electron chi connectivity index (χ4n) is 4.61. The summed E-state index contributed by atoms with van der Waals surface area (Å²) in [5.41, 5.74) is 3.29. The number of nitrogens with zero attached hydrogens (tertiary/aromatic N) is 5. The van der Waals surface area contributed by atoms with Gasteiger partial charge in [0, 0.05) is 43.3 Å². The number of halogens is 2. The van der Waals surface area contributed by atoms with Crippen molar-refractivity contribution in [2.24, 2.45) is 0 Å². The Bertz CT molecular complexity index is 1100. The van der Waals surface area contributed by atoms with Crippen LogP contribution < -0.4 is 4.74 Å². The highest BCUT2D eigenvalue weighted by Crippen LogP contribution is 2.21. The van der Waals surface area contributed by atoms with Crippen molar-refractivity contribution in [3.05, 3.63) is 70.3 Å². The Balaban J connectivity index is 1.32. The molecule has 1 aliphatic heterocycles. The maximum absolute atomic E-state index is 12.3. The SMILES string of the molecule is Cc1nn(Cc2cc(Cl)ccc2/C=C/C(C)N2CCN(Cc3ccc(OCCF)cn3)C[C@H]2C)[nH]1. The van der Waals surface area contributed by atoms with Gasteiger partial charge in [-0.3, -0.25) is 19.9 Å². The van der Waals surface area contributed by atoms with Crippen LogP contribution in [0.25, 0.3) is 6.08 Å². The largest absolute Gasteiger partial charge is 0.489 e. The van der Waals surface area contributed by atoms with E-state index in [9.17, 15) is 4.39 Å². The molecule has 3 heterocycles. The Labute approximate surface area is 211 Å². The molecule has 188 valence electrons. The van der Waals surface area contributed by atoms with E-state index in [0.29, 0.717) is 24.4 Å². The molecule has 9 heteroatoms. The predicted octanol–water partition coefficient (Wildman–Crippen LogP) is 4.57. The third-order valence-corrected chi connectivity index (χ3v) is 6.59. The fourth-order valence-corrected chi connectivity index (χ4v) is 4.80. The molecule has 35 heavy (non-hydrogen) atoms. The number of alkyl halides is 1. The molecule has 7 nitrogen and oxygen atoms in total. The molecule has 0 saturated carbocycles. The van der Waals surface area contributed by atoms with E-state index >= 15 is 0 Å². The Hall–Kier alpha value is -2.68. The summed E-state index contributed by atoms with van der Waals surface area (Å²) < 4.78 is 17.5. The first-order chi connectivity index (χ1) is 16.9. The van der Waals surface area contributed by atoms with Crippen LogP contribution >= 0.6 is 11.6 Å². The van der Waals surface area contributed by atoms with E-state index in [1.165, 1.54) is 0 Å². The van der Waals surface area contributed by atoms with Crippen molar-refractivity contribution >= 4 is 17.7 Å². The smallest absolute Gasteiger partial charge is 0.141 e. The van der Waals surface area contributed by atoms with Crippen molar-refractivity contribution in [3.63, 3.8) is 0 Å². The van der Waals surface area contributed by atoms with E-state index in [1.54, 1.807) is 6.20 Å². The van der Waals surface area contributed by atoms with Gasteiger partial charge < -0.3 is 4.74 Å². The van der Waals surface area contributed by atoms with Gasteiger partial charge in [0.25, 0.3) is 0 Å². The molecule has 2 aromatic heterocycles. The maximum Gasteiger partial charge on any atom is 0.141 e. The Morgan fingerprint density at radius 3 is 2.77 bits per heavy atom. The molecule has 0 spiro atoms. The lowest BCUT2D eigenvalue weighted by atomic mass is 10.0. The van der Waals surface area contributed by atoms with Crippen LogP contribution in [0, 0.1) is 6.92 Å². The number of hydrogen-bond donors (Lipinski definition) is 1. The van der Waals surface area contributed by atoms with Gasteiger partial charge in [-0.2, -0.15) is 0 Å². The van der Waals surface area contributed by atoms with Crippen molar-refractivity contribution in [1.82, 2.24) is 29.8 Å². The van der Waals surface area contributed by atoms with Crippen LogP contribution in [0.2, 0.25) is 5.02 Å². The number of H-pyrrole nitrogens is 1. The van der Waals surface area contributed by atoms with Gasteiger partial charge in [-0.15, -0.1) is 5.10 Å². The quantitative estimate of drug-likeness (QED) is 0.442. The average molecular weight is 501 g/mol. The average Bonchev–Trinajstić information content (AvgIpc) is 2.82. The zero-order valence-corrected chi connectivity index (χ0v) is 21.4. The van der Waals surface area contributed by atoms with Crippen molar-refractivity contribution in [2.45, 2.75) is 45.9 Å². The minimum Gasteiger partial charge on any atom is -0.489 e. The summed E-state index contributed by atoms with van der Waals surface area (Å²) in [6.07, 6.45) is 6.14. The molecule has 0 radical (unpaired) electrons. The number of aromatic nitrogens is 4. The van der Waals surface area contributed by atoms with Crippen LogP contribution in [-0.4, -0.2) is 74.8 Å². The summed E-state index contributed by atoms with van der Waals surface area (Å²) in [5, 5.41) is 8.25. The molecule has 1 aromatic carbocycles. The second kappa shape index (κ2) is 11.8. The first-order valence-corrected chi connectivity index (χ1v) is 12.5. The number of benzene rings is 1. The summed E-state index contributed by atoms with van der Waals surface area (Å²) in [6.45, 7) is 10.4. The fraction of sp³-hybridized carbons (Fsp3) is 0.462. The molecule has 3 aromatic rings. The number of aryl methyl sites for hydroxylation is 1. The molecule has 0 amide bonds. The number of rotatable bonds is 10. The Morgan fingerprint density at radius 1 is 1.26 bits per heavy atom. The van der Waals surface area contributed by atoms with Gasteiger partial charge in [-0.1, -0.05) is 29.8 Å². The highest BCUT2D eigenvalue weighted by atomic mass is 35.5. The van der Waals surface area contributed by atoms with Gasteiger partial charge in [0.1, 0.15) is 24.9 Å². The molecule has 0 bridgehead atoms. The number of nitrogens with one attached hydrogen (secondary N) is 1. The van der Waals surface area contributed by atoms with Gasteiger partial charge >= 0.3 is 0 Å². The van der Waals surface area contributed by atoms with E-state index in [0.717, 1.165) is 53.8 Å². The number of piperazine rings is 1. The first kappa shape index (κ1) is 25.4. The third-order valence-electron chi connectivity index (χ3n) is 6.36. The number of aromatic amines is 1. The predicted molar refractivity (Wildman–Crippen MR) is 138 cm³/mol. The highest BCUT2D eigenvalue weighted by Gasteiger charge is 2.26. The lowest BCUT2D eigenvalue weighted by Gasteiger charge is -2.42.